The monoisotopic (exact) mass is 554 g/mol. The third-order valence-corrected chi connectivity index (χ3v) is 3.54. The van der Waals surface area contributed by atoms with Crippen LogP contribution in [0.1, 0.15) is 41.4 Å². The van der Waals surface area contributed by atoms with Gasteiger partial charge in [0.2, 0.25) is 0 Å². The number of aliphatic hydroxyl groups excluding tert-OH is 4. The number of carboxylic acid groups (broad SMARTS) is 4. The van der Waals surface area contributed by atoms with E-state index in [0.717, 1.165) is 12.1 Å². The Morgan fingerprint density at radius 3 is 0.789 bits per heavy atom. The lowest BCUT2D eigenvalue weighted by Crippen LogP contribution is -2.19. The van der Waals surface area contributed by atoms with Crippen LogP contribution in [-0.4, -0.2) is 146 Å². The second-order valence-electron chi connectivity index (χ2n) is 6.44. The van der Waals surface area contributed by atoms with E-state index in [1.165, 1.54) is 0 Å². The average Bonchev–Trinajstić information content (AvgIpc) is 2.86. The number of nitrogens with one attached hydrogen (secondary N) is 4. The standard InChI is InChI=1S/C10H6O8.4C3H9NO/c11-7(12)3-1-2-4(8(13)14)6(10(17)18)5(3)9(15)16;4*1-4-2-3-5/h1-2H,(H,11,12)(H,13,14)(H,15,16)(H,17,18);4*4-5H,2-3H2,1H3. The number of aromatic carboxylic acids is 4. The molecule has 0 aliphatic heterocycles. The van der Waals surface area contributed by atoms with Gasteiger partial charge in [0.1, 0.15) is 0 Å². The minimum Gasteiger partial charge on any atom is -0.478 e. The van der Waals surface area contributed by atoms with Crippen molar-refractivity contribution in [2.75, 3.05) is 80.8 Å². The summed E-state index contributed by atoms with van der Waals surface area (Å²) < 4.78 is 0. The van der Waals surface area contributed by atoms with E-state index in [9.17, 15) is 19.2 Å². The highest BCUT2D eigenvalue weighted by atomic mass is 16.4. The van der Waals surface area contributed by atoms with Crippen LogP contribution in [0.3, 0.4) is 0 Å². The molecule has 0 atom stereocenters. The largest absolute Gasteiger partial charge is 0.478 e. The molecule has 16 nitrogen and oxygen atoms in total. The van der Waals surface area contributed by atoms with Gasteiger partial charge >= 0.3 is 23.9 Å². The van der Waals surface area contributed by atoms with Crippen LogP contribution >= 0.6 is 0 Å². The fourth-order valence-corrected chi connectivity index (χ4v) is 1.85. The first-order valence-electron chi connectivity index (χ1n) is 11.1. The minimum atomic E-state index is -1.83. The smallest absolute Gasteiger partial charge is 0.337 e. The van der Waals surface area contributed by atoms with E-state index in [2.05, 4.69) is 21.3 Å². The highest BCUT2D eigenvalue weighted by Crippen LogP contribution is 2.20. The molecular weight excluding hydrogens is 512 g/mol. The first-order chi connectivity index (χ1) is 17.9. The third kappa shape index (κ3) is 23.2. The third-order valence-electron chi connectivity index (χ3n) is 3.54. The van der Waals surface area contributed by atoms with Crippen molar-refractivity contribution in [3.05, 3.63) is 34.4 Å². The average molecular weight is 555 g/mol. The number of likely N-dealkylation sites (N-methyl/N-ethyl adjacent to an activating group) is 4. The van der Waals surface area contributed by atoms with Gasteiger partial charge in [-0.3, -0.25) is 0 Å². The van der Waals surface area contributed by atoms with E-state index in [4.69, 9.17) is 40.9 Å². The van der Waals surface area contributed by atoms with Crippen LogP contribution in [0.5, 0.6) is 0 Å². The molecule has 16 heteroatoms. The first kappa shape index (κ1) is 41.9. The highest BCUT2D eigenvalue weighted by molar-refractivity contribution is 6.13. The van der Waals surface area contributed by atoms with E-state index < -0.39 is 46.1 Å². The zero-order chi connectivity index (χ0) is 30.5. The molecule has 222 valence electrons. The summed E-state index contributed by atoms with van der Waals surface area (Å²) in [5.74, 6) is -6.97. The van der Waals surface area contributed by atoms with Crippen molar-refractivity contribution >= 4 is 23.9 Å². The molecular formula is C22H42N4O12. The van der Waals surface area contributed by atoms with Gasteiger partial charge in [-0.15, -0.1) is 0 Å². The number of hydrogen-bond acceptors (Lipinski definition) is 12. The molecule has 0 amide bonds. The number of benzene rings is 1. The van der Waals surface area contributed by atoms with E-state index in [1.54, 1.807) is 28.2 Å². The molecule has 0 radical (unpaired) electrons. The fourth-order valence-electron chi connectivity index (χ4n) is 1.85. The first-order valence-corrected chi connectivity index (χ1v) is 11.1. The second-order valence-corrected chi connectivity index (χ2v) is 6.44. The topological polar surface area (TPSA) is 278 Å². The molecule has 1 aromatic carbocycles. The highest BCUT2D eigenvalue weighted by Gasteiger charge is 2.29. The van der Waals surface area contributed by atoms with Gasteiger partial charge in [-0.2, -0.15) is 0 Å². The van der Waals surface area contributed by atoms with Gasteiger partial charge in [-0.05, 0) is 40.3 Å². The number of carbonyl (C=O) groups is 4. The van der Waals surface area contributed by atoms with Crippen LogP contribution < -0.4 is 21.3 Å². The van der Waals surface area contributed by atoms with Crippen molar-refractivity contribution in [2.45, 2.75) is 0 Å². The molecule has 0 fully saturated rings. The molecule has 1 aromatic rings. The quantitative estimate of drug-likeness (QED) is 0.125. The summed E-state index contributed by atoms with van der Waals surface area (Å²) >= 11 is 0. The van der Waals surface area contributed by atoms with Crippen molar-refractivity contribution in [2.24, 2.45) is 0 Å². The van der Waals surface area contributed by atoms with Crippen LogP contribution in [0.25, 0.3) is 0 Å². The summed E-state index contributed by atoms with van der Waals surface area (Å²) in [7, 11) is 7.21. The molecule has 0 saturated heterocycles. The minimum absolute atomic E-state index is 0.233. The molecule has 0 spiro atoms. The van der Waals surface area contributed by atoms with E-state index in [0.29, 0.717) is 26.2 Å². The van der Waals surface area contributed by atoms with Crippen molar-refractivity contribution in [3.63, 3.8) is 0 Å². The number of aliphatic hydroxyl groups is 4. The zero-order valence-electron chi connectivity index (χ0n) is 22.0. The second kappa shape index (κ2) is 30.0. The molecule has 0 aromatic heterocycles. The summed E-state index contributed by atoms with van der Waals surface area (Å²) in [6.07, 6.45) is 0. The molecule has 0 bridgehead atoms. The van der Waals surface area contributed by atoms with Crippen molar-refractivity contribution in [1.29, 1.82) is 0 Å². The Hall–Kier alpha value is -3.22. The van der Waals surface area contributed by atoms with Gasteiger partial charge in [0, 0.05) is 26.2 Å². The maximum Gasteiger partial charge on any atom is 0.337 e. The van der Waals surface area contributed by atoms with E-state index in [1.807, 2.05) is 0 Å². The van der Waals surface area contributed by atoms with Crippen LogP contribution in [0.4, 0.5) is 0 Å². The van der Waals surface area contributed by atoms with Crippen LogP contribution in [0.2, 0.25) is 0 Å². The summed E-state index contributed by atoms with van der Waals surface area (Å²) in [5, 5.41) is 78.2. The molecule has 0 heterocycles. The Labute approximate surface area is 220 Å². The Bertz CT molecular complexity index is 696. The fraction of sp³-hybridized carbons (Fsp3) is 0.545. The van der Waals surface area contributed by atoms with Crippen molar-refractivity contribution < 1.29 is 60.0 Å². The summed E-state index contributed by atoms with van der Waals surface area (Å²) in [6.45, 7) is 3.71. The number of carboxylic acids is 4. The van der Waals surface area contributed by atoms with Gasteiger partial charge in [-0.1, -0.05) is 0 Å². The summed E-state index contributed by atoms with van der Waals surface area (Å²) in [5.41, 5.74) is -3.69. The molecule has 12 N–H and O–H groups in total. The van der Waals surface area contributed by atoms with Gasteiger partial charge < -0.3 is 62.1 Å². The SMILES string of the molecule is CNCCO.CNCCO.CNCCO.CNCCO.O=C(O)c1ccc(C(=O)O)c(C(=O)O)c1C(=O)O. The molecule has 0 unspecified atom stereocenters. The van der Waals surface area contributed by atoms with E-state index >= 15 is 0 Å². The molecule has 0 aliphatic rings. The Morgan fingerprint density at radius 2 is 0.711 bits per heavy atom. The number of hydrogen-bond donors (Lipinski definition) is 12. The van der Waals surface area contributed by atoms with Gasteiger partial charge in [-0.25, -0.2) is 19.2 Å². The normalized spacial score (nSPS) is 9.05. The van der Waals surface area contributed by atoms with Gasteiger partial charge in [0.15, 0.2) is 0 Å². The van der Waals surface area contributed by atoms with Crippen LogP contribution in [0.15, 0.2) is 12.1 Å². The lowest BCUT2D eigenvalue weighted by Gasteiger charge is -2.08. The van der Waals surface area contributed by atoms with Gasteiger partial charge in [0.25, 0.3) is 0 Å². The molecule has 0 saturated carbocycles. The Morgan fingerprint density at radius 1 is 0.500 bits per heavy atom. The maximum atomic E-state index is 10.9. The summed E-state index contributed by atoms with van der Waals surface area (Å²) in [6, 6.07) is 1.48. The van der Waals surface area contributed by atoms with Crippen LogP contribution in [-0.2, 0) is 0 Å². The predicted octanol–water partition coefficient (Wildman–Crippen LogP) is -2.73. The summed E-state index contributed by atoms with van der Waals surface area (Å²) in [4.78, 5) is 43.4. The molecule has 38 heavy (non-hydrogen) atoms. The molecule has 1 rings (SSSR count). The van der Waals surface area contributed by atoms with Crippen molar-refractivity contribution in [3.8, 4) is 0 Å². The Kier molecular flexibility index (Phi) is 33.1. The lowest BCUT2D eigenvalue weighted by molar-refractivity contribution is 0.0619. The van der Waals surface area contributed by atoms with E-state index in [-0.39, 0.29) is 26.4 Å². The van der Waals surface area contributed by atoms with Crippen LogP contribution in [0, 0.1) is 0 Å². The maximum absolute atomic E-state index is 10.9. The lowest BCUT2D eigenvalue weighted by atomic mass is 9.95. The van der Waals surface area contributed by atoms with Gasteiger partial charge in [0.05, 0.1) is 48.7 Å². The zero-order valence-corrected chi connectivity index (χ0v) is 22.0. The van der Waals surface area contributed by atoms with Crippen molar-refractivity contribution in [1.82, 2.24) is 21.3 Å². The number of rotatable bonds is 12. The predicted molar refractivity (Wildman–Crippen MR) is 138 cm³/mol. The molecule has 0 aliphatic carbocycles. The Balaban J connectivity index is -0.000000235.